The first kappa shape index (κ1) is 15.5. The zero-order valence-corrected chi connectivity index (χ0v) is 13.2. The van der Waals surface area contributed by atoms with Crippen LogP contribution in [0.25, 0.3) is 0 Å². The zero-order valence-electron chi connectivity index (χ0n) is 13.2. The van der Waals surface area contributed by atoms with Crippen LogP contribution >= 0.6 is 0 Å². The Balaban J connectivity index is 1.56. The van der Waals surface area contributed by atoms with Gasteiger partial charge in [0.2, 0.25) is 5.69 Å². The van der Waals surface area contributed by atoms with Crippen molar-refractivity contribution in [2.24, 2.45) is 0 Å². The smallest absolute Gasteiger partial charge is 0.320 e. The molecular formula is C15H20N6O2. The highest BCUT2D eigenvalue weighted by Gasteiger charge is 2.32. The molecule has 122 valence electrons. The second-order valence-corrected chi connectivity index (χ2v) is 5.87. The van der Waals surface area contributed by atoms with Gasteiger partial charge < -0.3 is 19.4 Å². The van der Waals surface area contributed by atoms with Gasteiger partial charge in [0.1, 0.15) is 12.2 Å². The van der Waals surface area contributed by atoms with E-state index in [0.717, 1.165) is 32.6 Å². The lowest BCUT2D eigenvalue weighted by molar-refractivity contribution is 0.123. The summed E-state index contributed by atoms with van der Waals surface area (Å²) in [7, 11) is 2.06. The summed E-state index contributed by atoms with van der Waals surface area (Å²) < 4.78 is 5.77. The predicted molar refractivity (Wildman–Crippen MR) is 81.8 cm³/mol. The molecule has 0 bridgehead atoms. The van der Waals surface area contributed by atoms with Crippen molar-refractivity contribution in [3.05, 3.63) is 18.1 Å². The van der Waals surface area contributed by atoms with Crippen LogP contribution in [0.2, 0.25) is 0 Å². The minimum Gasteiger partial charge on any atom is -0.470 e. The van der Waals surface area contributed by atoms with E-state index in [0.29, 0.717) is 13.1 Å². The number of nitrogens with zero attached hydrogens (tertiary/aromatic N) is 6. The van der Waals surface area contributed by atoms with Gasteiger partial charge in [0.05, 0.1) is 6.54 Å². The largest absolute Gasteiger partial charge is 0.470 e. The van der Waals surface area contributed by atoms with E-state index in [2.05, 4.69) is 21.9 Å². The number of nitriles is 1. The van der Waals surface area contributed by atoms with E-state index in [1.165, 1.54) is 12.4 Å². The van der Waals surface area contributed by atoms with Gasteiger partial charge in [-0.15, -0.1) is 0 Å². The van der Waals surface area contributed by atoms with Crippen LogP contribution < -0.4 is 4.74 Å². The topological polar surface area (TPSA) is 85.6 Å². The molecule has 0 aliphatic carbocycles. The van der Waals surface area contributed by atoms with Crippen LogP contribution in [0.3, 0.4) is 0 Å². The minimum atomic E-state index is -0.143. The van der Waals surface area contributed by atoms with Gasteiger partial charge in [0.25, 0.3) is 5.88 Å². The summed E-state index contributed by atoms with van der Waals surface area (Å²) in [5, 5.41) is 9.02. The second-order valence-electron chi connectivity index (χ2n) is 5.87. The number of ether oxygens (including phenoxy) is 1. The summed E-state index contributed by atoms with van der Waals surface area (Å²) >= 11 is 0. The minimum absolute atomic E-state index is 0.0730. The summed E-state index contributed by atoms with van der Waals surface area (Å²) in [6, 6.07) is 2.04. The Bertz CT molecular complexity index is 608. The highest BCUT2D eigenvalue weighted by atomic mass is 16.5. The number of likely N-dealkylation sites (tertiary alicyclic amines) is 1. The molecule has 3 rings (SSSR count). The van der Waals surface area contributed by atoms with Crippen LogP contribution in [0.4, 0.5) is 4.79 Å². The van der Waals surface area contributed by atoms with Crippen molar-refractivity contribution in [3.8, 4) is 11.9 Å². The van der Waals surface area contributed by atoms with Crippen molar-refractivity contribution >= 4 is 6.03 Å². The average molecular weight is 316 g/mol. The third kappa shape index (κ3) is 3.51. The predicted octanol–water partition coefficient (Wildman–Crippen LogP) is 0.169. The molecule has 2 aliphatic heterocycles. The van der Waals surface area contributed by atoms with Crippen LogP contribution in [0, 0.1) is 11.3 Å². The van der Waals surface area contributed by atoms with Gasteiger partial charge in [-0.25, -0.2) is 14.8 Å². The first-order chi connectivity index (χ1) is 11.2. The van der Waals surface area contributed by atoms with Crippen LogP contribution in [0.15, 0.2) is 12.4 Å². The first-order valence-corrected chi connectivity index (χ1v) is 7.77. The summed E-state index contributed by atoms with van der Waals surface area (Å²) in [6.07, 6.45) is 3.55. The number of likely N-dealkylation sites (N-methyl/N-ethyl adjacent to an activating group) is 1. The van der Waals surface area contributed by atoms with Gasteiger partial charge in [0.15, 0.2) is 0 Å². The van der Waals surface area contributed by atoms with E-state index in [-0.39, 0.29) is 23.7 Å². The van der Waals surface area contributed by atoms with Crippen LogP contribution in [0.1, 0.15) is 12.1 Å². The molecular weight excluding hydrogens is 296 g/mol. The molecule has 0 spiro atoms. The van der Waals surface area contributed by atoms with Gasteiger partial charge in [0, 0.05) is 51.5 Å². The standard InChI is InChI=1S/C15H20N6O2/c1-19-6-8-20(9-7-19)15(22)21-5-2-12(11-21)23-14-13(10-16)17-3-4-18-14/h3-4,12H,2,5-9,11H2,1H3/t12-/m1/s1. The lowest BCUT2D eigenvalue weighted by atomic mass is 10.3. The second kappa shape index (κ2) is 6.79. The van der Waals surface area contributed by atoms with E-state index in [1.54, 1.807) is 0 Å². The third-order valence-corrected chi connectivity index (χ3v) is 4.24. The van der Waals surface area contributed by atoms with Crippen molar-refractivity contribution in [2.75, 3.05) is 46.3 Å². The average Bonchev–Trinajstić information content (AvgIpc) is 3.04. The Kier molecular flexibility index (Phi) is 4.57. The maximum absolute atomic E-state index is 12.5. The third-order valence-electron chi connectivity index (χ3n) is 4.24. The Hall–Kier alpha value is -2.40. The number of rotatable bonds is 2. The molecule has 0 radical (unpaired) electrons. The molecule has 8 heteroatoms. The first-order valence-electron chi connectivity index (χ1n) is 7.77. The fourth-order valence-corrected chi connectivity index (χ4v) is 2.84. The Morgan fingerprint density at radius 2 is 1.96 bits per heavy atom. The summed E-state index contributed by atoms with van der Waals surface area (Å²) in [5.74, 6) is 0.244. The van der Waals surface area contributed by atoms with E-state index >= 15 is 0 Å². The molecule has 0 aromatic carbocycles. The van der Waals surface area contributed by atoms with Crippen LogP contribution in [0.5, 0.6) is 5.88 Å². The molecule has 23 heavy (non-hydrogen) atoms. The molecule has 2 aliphatic rings. The van der Waals surface area contributed by atoms with Crippen LogP contribution in [-0.4, -0.2) is 83.1 Å². The van der Waals surface area contributed by atoms with Crippen molar-refractivity contribution in [1.29, 1.82) is 5.26 Å². The Morgan fingerprint density at radius 1 is 1.22 bits per heavy atom. The van der Waals surface area contributed by atoms with Gasteiger partial charge in [-0.3, -0.25) is 0 Å². The highest BCUT2D eigenvalue weighted by Crippen LogP contribution is 2.19. The number of aromatic nitrogens is 2. The van der Waals surface area contributed by atoms with Gasteiger partial charge >= 0.3 is 6.03 Å². The van der Waals surface area contributed by atoms with Crippen LogP contribution in [-0.2, 0) is 0 Å². The molecule has 8 nitrogen and oxygen atoms in total. The van der Waals surface area contributed by atoms with E-state index in [1.807, 2.05) is 15.9 Å². The molecule has 2 amide bonds. The molecule has 0 N–H and O–H groups in total. The summed E-state index contributed by atoms with van der Waals surface area (Å²) in [6.45, 7) is 4.53. The number of piperazine rings is 1. The summed E-state index contributed by atoms with van der Waals surface area (Å²) in [4.78, 5) is 26.4. The lowest BCUT2D eigenvalue weighted by Gasteiger charge is -2.34. The van der Waals surface area contributed by atoms with Crippen molar-refractivity contribution in [2.45, 2.75) is 12.5 Å². The normalized spacial score (nSPS) is 22.0. The number of carbonyl (C=O) groups is 1. The Labute approximate surface area is 135 Å². The van der Waals surface area contributed by atoms with E-state index < -0.39 is 0 Å². The molecule has 2 saturated heterocycles. The van der Waals surface area contributed by atoms with Gasteiger partial charge in [-0.05, 0) is 7.05 Å². The molecule has 1 atom stereocenters. The van der Waals surface area contributed by atoms with E-state index in [4.69, 9.17) is 10.00 Å². The number of hydrogen-bond donors (Lipinski definition) is 0. The monoisotopic (exact) mass is 316 g/mol. The molecule has 0 saturated carbocycles. The fourth-order valence-electron chi connectivity index (χ4n) is 2.84. The molecule has 0 unspecified atom stereocenters. The SMILES string of the molecule is CN1CCN(C(=O)N2CC[C@@H](Oc3nccnc3C#N)C2)CC1. The quantitative estimate of drug-likeness (QED) is 0.773. The molecule has 1 aromatic heterocycles. The number of amides is 2. The Morgan fingerprint density at radius 3 is 2.70 bits per heavy atom. The van der Waals surface area contributed by atoms with Gasteiger partial charge in [-0.2, -0.15) is 5.26 Å². The zero-order chi connectivity index (χ0) is 16.2. The molecule has 3 heterocycles. The van der Waals surface area contributed by atoms with Crippen molar-refractivity contribution in [1.82, 2.24) is 24.7 Å². The maximum Gasteiger partial charge on any atom is 0.320 e. The molecule has 1 aromatic rings. The van der Waals surface area contributed by atoms with Crippen molar-refractivity contribution in [3.63, 3.8) is 0 Å². The van der Waals surface area contributed by atoms with Crippen molar-refractivity contribution < 1.29 is 9.53 Å². The summed E-state index contributed by atoms with van der Waals surface area (Å²) in [5.41, 5.74) is 0.177. The maximum atomic E-state index is 12.5. The number of carbonyl (C=O) groups excluding carboxylic acids is 1. The fraction of sp³-hybridized carbons (Fsp3) is 0.600. The van der Waals surface area contributed by atoms with E-state index in [9.17, 15) is 4.79 Å². The van der Waals surface area contributed by atoms with Gasteiger partial charge in [-0.1, -0.05) is 0 Å². The highest BCUT2D eigenvalue weighted by molar-refractivity contribution is 5.75. The number of urea groups is 1. The lowest BCUT2D eigenvalue weighted by Crippen LogP contribution is -2.51. The molecule has 2 fully saturated rings. The number of hydrogen-bond acceptors (Lipinski definition) is 6.